The predicted octanol–water partition coefficient (Wildman–Crippen LogP) is 3.43. The maximum Gasteiger partial charge on any atom is 0.422 e. The third-order valence-electron chi connectivity index (χ3n) is 5.42. The molecular formula is C21H21F3N2O3. The number of fused-ring (bicyclic) bond motifs is 3. The number of nitrogens with zero attached hydrogens (tertiary/aromatic N) is 1. The van der Waals surface area contributed by atoms with Crippen LogP contribution in [0.15, 0.2) is 42.6 Å². The quantitative estimate of drug-likeness (QED) is 0.745. The van der Waals surface area contributed by atoms with Crippen LogP contribution in [0.3, 0.4) is 0 Å². The molecule has 29 heavy (non-hydrogen) atoms. The summed E-state index contributed by atoms with van der Waals surface area (Å²) >= 11 is 0. The number of morpholine rings is 1. The summed E-state index contributed by atoms with van der Waals surface area (Å²) in [7, 11) is 0. The molecule has 2 aromatic rings. The largest absolute Gasteiger partial charge is 0.468 e. The lowest BCUT2D eigenvalue weighted by Gasteiger charge is -2.47. The topological polar surface area (TPSA) is 60.5 Å². The second kappa shape index (κ2) is 7.76. The first-order valence-electron chi connectivity index (χ1n) is 9.49. The highest BCUT2D eigenvalue weighted by molar-refractivity contribution is 5.97. The fraction of sp³-hybridized carbons (Fsp3) is 0.429. The highest BCUT2D eigenvalue weighted by Crippen LogP contribution is 2.38. The van der Waals surface area contributed by atoms with E-state index >= 15 is 0 Å². The Morgan fingerprint density at radius 1 is 1.24 bits per heavy atom. The van der Waals surface area contributed by atoms with Gasteiger partial charge in [-0.3, -0.25) is 4.79 Å². The molecule has 1 aromatic carbocycles. The molecule has 1 N–H and O–H groups in total. The first-order valence-corrected chi connectivity index (χ1v) is 9.49. The summed E-state index contributed by atoms with van der Waals surface area (Å²) in [4.78, 5) is 16.2. The Labute approximate surface area is 166 Å². The molecule has 3 saturated heterocycles. The Bertz CT molecular complexity index is 844. The molecule has 2 bridgehead atoms. The van der Waals surface area contributed by atoms with Gasteiger partial charge in [-0.05, 0) is 30.0 Å². The molecular weight excluding hydrogens is 385 g/mol. The molecule has 0 saturated carbocycles. The first-order chi connectivity index (χ1) is 13.8. The number of aromatic nitrogens is 1. The lowest BCUT2D eigenvalue weighted by molar-refractivity contribution is -0.154. The van der Waals surface area contributed by atoms with Crippen molar-refractivity contribution in [2.45, 2.75) is 37.1 Å². The van der Waals surface area contributed by atoms with Gasteiger partial charge in [0.1, 0.15) is 5.60 Å². The van der Waals surface area contributed by atoms with Crippen LogP contribution >= 0.6 is 0 Å². The fourth-order valence-corrected chi connectivity index (χ4v) is 3.76. The van der Waals surface area contributed by atoms with Gasteiger partial charge in [0.15, 0.2) is 12.4 Å². The monoisotopic (exact) mass is 406 g/mol. The zero-order valence-corrected chi connectivity index (χ0v) is 15.7. The Balaban J connectivity index is 1.37. The third kappa shape index (κ3) is 4.59. The normalized spacial score (nSPS) is 23.8. The SMILES string of the molecule is O=C(Cc1ccc(C23CCC(CO2)NC3)cc1)c1ccc(OCC(F)(F)F)nc1. The van der Waals surface area contributed by atoms with Crippen molar-refractivity contribution in [3.8, 4) is 5.88 Å². The molecule has 2 unspecified atom stereocenters. The van der Waals surface area contributed by atoms with Crippen molar-refractivity contribution in [1.82, 2.24) is 10.3 Å². The minimum Gasteiger partial charge on any atom is -0.468 e. The molecule has 0 radical (unpaired) electrons. The van der Waals surface area contributed by atoms with Crippen LogP contribution in [0.4, 0.5) is 13.2 Å². The summed E-state index contributed by atoms with van der Waals surface area (Å²) < 4.78 is 47.1. The van der Waals surface area contributed by atoms with Crippen molar-refractivity contribution in [3.63, 3.8) is 0 Å². The van der Waals surface area contributed by atoms with Gasteiger partial charge in [-0.1, -0.05) is 24.3 Å². The van der Waals surface area contributed by atoms with Crippen LogP contribution in [0.2, 0.25) is 0 Å². The third-order valence-corrected chi connectivity index (χ3v) is 5.42. The number of alkyl halides is 3. The van der Waals surface area contributed by atoms with Crippen LogP contribution < -0.4 is 10.1 Å². The minimum absolute atomic E-state index is 0.165. The molecule has 3 fully saturated rings. The number of piperidine rings is 1. The maximum atomic E-state index is 12.5. The Hall–Kier alpha value is -2.45. The van der Waals surface area contributed by atoms with Crippen LogP contribution in [0.5, 0.6) is 5.88 Å². The average Bonchev–Trinajstić information content (AvgIpc) is 2.74. The number of nitrogens with one attached hydrogen (secondary N) is 1. The van der Waals surface area contributed by atoms with E-state index in [4.69, 9.17) is 4.74 Å². The number of hydrogen-bond acceptors (Lipinski definition) is 5. The average molecular weight is 406 g/mol. The summed E-state index contributed by atoms with van der Waals surface area (Å²) in [5.41, 5.74) is 2.00. The van der Waals surface area contributed by atoms with Crippen molar-refractivity contribution in [2.75, 3.05) is 19.8 Å². The number of halogens is 3. The van der Waals surface area contributed by atoms with Crippen molar-refractivity contribution in [2.24, 2.45) is 0 Å². The number of benzene rings is 1. The number of hydrogen-bond donors (Lipinski definition) is 1. The Morgan fingerprint density at radius 2 is 2.03 bits per heavy atom. The summed E-state index contributed by atoms with van der Waals surface area (Å²) in [6.07, 6.45) is -0.937. The van der Waals surface area contributed by atoms with Crippen LogP contribution in [-0.2, 0) is 16.8 Å². The summed E-state index contributed by atoms with van der Waals surface area (Å²) in [5.74, 6) is -0.333. The van der Waals surface area contributed by atoms with Gasteiger partial charge in [-0.2, -0.15) is 13.2 Å². The molecule has 2 atom stereocenters. The van der Waals surface area contributed by atoms with Gasteiger partial charge in [0.2, 0.25) is 5.88 Å². The molecule has 1 aromatic heterocycles. The van der Waals surface area contributed by atoms with Gasteiger partial charge < -0.3 is 14.8 Å². The highest BCUT2D eigenvalue weighted by atomic mass is 19.4. The van der Waals surface area contributed by atoms with Crippen molar-refractivity contribution < 1.29 is 27.4 Å². The molecule has 3 aliphatic heterocycles. The van der Waals surface area contributed by atoms with Gasteiger partial charge in [0, 0.05) is 36.8 Å². The minimum atomic E-state index is -4.43. The van der Waals surface area contributed by atoms with Gasteiger partial charge >= 0.3 is 6.18 Å². The Kier molecular flexibility index (Phi) is 5.31. The Morgan fingerprint density at radius 3 is 2.59 bits per heavy atom. The van der Waals surface area contributed by atoms with Crippen molar-refractivity contribution in [1.29, 1.82) is 0 Å². The number of carbonyl (C=O) groups is 1. The lowest BCUT2D eigenvalue weighted by Crippen LogP contribution is -2.57. The fourth-order valence-electron chi connectivity index (χ4n) is 3.76. The van der Waals surface area contributed by atoms with Crippen LogP contribution in [0.25, 0.3) is 0 Å². The molecule has 4 heterocycles. The van der Waals surface area contributed by atoms with E-state index in [0.29, 0.717) is 11.6 Å². The van der Waals surface area contributed by atoms with Gasteiger partial charge in [0.25, 0.3) is 0 Å². The highest BCUT2D eigenvalue weighted by Gasteiger charge is 2.42. The zero-order valence-electron chi connectivity index (χ0n) is 15.7. The molecule has 0 spiro atoms. The second-order valence-electron chi connectivity index (χ2n) is 7.51. The first kappa shape index (κ1) is 19.8. The lowest BCUT2D eigenvalue weighted by atomic mass is 9.81. The number of carbonyl (C=O) groups excluding carboxylic acids is 1. The van der Waals surface area contributed by atoms with Gasteiger partial charge in [0.05, 0.1) is 6.61 Å². The second-order valence-corrected chi connectivity index (χ2v) is 7.51. The molecule has 3 aliphatic rings. The van der Waals surface area contributed by atoms with Crippen molar-refractivity contribution in [3.05, 3.63) is 59.3 Å². The number of ketones is 1. The van der Waals surface area contributed by atoms with Crippen molar-refractivity contribution >= 4 is 5.78 Å². The van der Waals surface area contributed by atoms with Crippen LogP contribution in [0.1, 0.15) is 34.3 Å². The molecule has 0 amide bonds. The molecule has 0 aliphatic carbocycles. The van der Waals surface area contributed by atoms with E-state index in [1.54, 1.807) is 0 Å². The predicted molar refractivity (Wildman–Crippen MR) is 98.9 cm³/mol. The standard InChI is InChI=1S/C21H21F3N2O3/c22-21(23,24)13-28-19-6-3-15(10-25-19)18(27)9-14-1-4-16(5-2-14)20-8-7-17(11-29-20)26-12-20/h1-6,10,17,26H,7-9,11-13H2. The number of rotatable bonds is 6. The van der Waals surface area contributed by atoms with E-state index in [1.165, 1.54) is 18.3 Å². The molecule has 154 valence electrons. The van der Waals surface area contributed by atoms with E-state index in [-0.39, 0.29) is 23.7 Å². The number of Topliss-reactive ketones (excluding diaryl/α,β-unsaturated/α-hetero) is 1. The maximum absolute atomic E-state index is 12.5. The summed E-state index contributed by atoms with van der Waals surface area (Å²) in [6, 6.07) is 11.0. The molecule has 5 nitrogen and oxygen atoms in total. The summed E-state index contributed by atoms with van der Waals surface area (Å²) in [5, 5.41) is 3.49. The summed E-state index contributed by atoms with van der Waals surface area (Å²) in [6.45, 7) is 0.0985. The molecule has 5 rings (SSSR count). The van der Waals surface area contributed by atoms with Gasteiger partial charge in [-0.15, -0.1) is 0 Å². The van der Waals surface area contributed by atoms with E-state index < -0.39 is 12.8 Å². The zero-order chi connectivity index (χ0) is 20.5. The van der Waals surface area contributed by atoms with Gasteiger partial charge in [-0.25, -0.2) is 4.98 Å². The van der Waals surface area contributed by atoms with Crippen LogP contribution in [0, 0.1) is 0 Å². The van der Waals surface area contributed by atoms with E-state index in [9.17, 15) is 18.0 Å². The van der Waals surface area contributed by atoms with E-state index in [0.717, 1.165) is 37.1 Å². The molecule has 8 heteroatoms. The number of ether oxygens (including phenoxy) is 2. The smallest absolute Gasteiger partial charge is 0.422 e. The van der Waals surface area contributed by atoms with E-state index in [1.807, 2.05) is 24.3 Å². The number of pyridine rings is 1. The van der Waals surface area contributed by atoms with Crippen LogP contribution in [-0.4, -0.2) is 42.7 Å². The van der Waals surface area contributed by atoms with E-state index in [2.05, 4.69) is 15.0 Å².